The van der Waals surface area contributed by atoms with E-state index in [2.05, 4.69) is 33.2 Å². The molecule has 2 N–H and O–H groups in total. The molecule has 1 aromatic heterocycles. The molecule has 3 aromatic carbocycles. The molecule has 0 radical (unpaired) electrons. The number of phenolic OH excluding ortho intramolecular Hbond substituents is 1. The van der Waals surface area contributed by atoms with Crippen LogP contribution in [0.4, 0.5) is 10.2 Å². The minimum Gasteiger partial charge on any atom is -0.508 e. The summed E-state index contributed by atoms with van der Waals surface area (Å²) in [5.41, 5.74) is 0.981. The molecule has 2 fully saturated rings. The number of piperazine rings is 1. The summed E-state index contributed by atoms with van der Waals surface area (Å²) in [4.78, 5) is 11.0. The van der Waals surface area contributed by atoms with Crippen molar-refractivity contribution in [2.24, 2.45) is 0 Å². The maximum Gasteiger partial charge on any atom is 0.158 e. The second-order valence-electron chi connectivity index (χ2n) is 9.35. The van der Waals surface area contributed by atoms with Crippen LogP contribution < -0.4 is 10.2 Å². The highest BCUT2D eigenvalue weighted by Crippen LogP contribution is 2.40. The third-order valence-electron chi connectivity index (χ3n) is 6.96. The van der Waals surface area contributed by atoms with Gasteiger partial charge in [-0.3, -0.25) is 0 Å². The van der Waals surface area contributed by atoms with Crippen molar-refractivity contribution >= 4 is 27.5 Å². The van der Waals surface area contributed by atoms with Gasteiger partial charge in [-0.2, -0.15) is 5.26 Å². The maximum absolute atomic E-state index is 16.1. The van der Waals surface area contributed by atoms with Gasteiger partial charge in [-0.05, 0) is 54.3 Å². The molecule has 0 amide bonds. The number of aromatic hydroxyl groups is 1. The van der Waals surface area contributed by atoms with E-state index < -0.39 is 5.82 Å². The molecule has 6 nitrogen and oxygen atoms in total. The van der Waals surface area contributed by atoms with E-state index in [0.717, 1.165) is 36.7 Å². The van der Waals surface area contributed by atoms with E-state index in [1.807, 2.05) is 24.3 Å². The van der Waals surface area contributed by atoms with Crippen molar-refractivity contribution in [1.29, 1.82) is 5.26 Å². The van der Waals surface area contributed by atoms with Crippen LogP contribution in [0.2, 0.25) is 0 Å². The topological polar surface area (TPSA) is 85.1 Å². The molecular formula is C26H22FN5O. The fraction of sp³-hybridized carbons (Fsp3) is 0.269. The molecule has 0 spiro atoms. The Bertz CT molecular complexity index is 1480. The Morgan fingerprint density at radius 2 is 2.06 bits per heavy atom. The number of aromatic nitrogens is 2. The lowest BCUT2D eigenvalue weighted by Crippen LogP contribution is -2.58. The van der Waals surface area contributed by atoms with E-state index in [0.29, 0.717) is 22.8 Å². The van der Waals surface area contributed by atoms with Gasteiger partial charge in [-0.1, -0.05) is 24.3 Å². The lowest BCUT2D eigenvalue weighted by molar-refractivity contribution is 0.349. The Morgan fingerprint density at radius 1 is 1.21 bits per heavy atom. The average Bonchev–Trinajstić information content (AvgIpc) is 3.09. The summed E-state index contributed by atoms with van der Waals surface area (Å²) in [6.45, 7) is 3.75. The van der Waals surface area contributed by atoms with Crippen molar-refractivity contribution in [3.8, 4) is 22.9 Å². The van der Waals surface area contributed by atoms with Gasteiger partial charge >= 0.3 is 0 Å². The number of hydrogen-bond donors (Lipinski definition) is 2. The highest BCUT2D eigenvalue weighted by molar-refractivity contribution is 6.03. The summed E-state index contributed by atoms with van der Waals surface area (Å²) in [5.74, 6) is 0.0927. The number of nitrogens with zero attached hydrogens (tertiary/aromatic N) is 4. The monoisotopic (exact) mass is 439 g/mol. The summed E-state index contributed by atoms with van der Waals surface area (Å²) in [7, 11) is 0. The van der Waals surface area contributed by atoms with Crippen LogP contribution in [0.1, 0.15) is 25.3 Å². The SMILES string of the molecule is C[C@]12CC[C@H](CN(c3ncnc4c(F)c(-c5cc(O)cc6ccccc56)c(C#N)cc34)C1)N2. The summed E-state index contributed by atoms with van der Waals surface area (Å²) in [6, 6.07) is 14.8. The molecule has 7 heteroatoms. The zero-order chi connectivity index (χ0) is 22.7. The molecule has 0 saturated carbocycles. The third kappa shape index (κ3) is 3.10. The molecule has 3 heterocycles. The third-order valence-corrected chi connectivity index (χ3v) is 6.96. The van der Waals surface area contributed by atoms with Crippen LogP contribution in [0.15, 0.2) is 48.8 Å². The van der Waals surface area contributed by atoms with Gasteiger partial charge in [0.05, 0.1) is 11.6 Å². The normalized spacial score (nSPS) is 22.1. The second-order valence-corrected chi connectivity index (χ2v) is 9.35. The molecule has 2 aliphatic heterocycles. The number of halogens is 1. The van der Waals surface area contributed by atoms with Gasteiger partial charge in [0.1, 0.15) is 23.4 Å². The van der Waals surface area contributed by atoms with Gasteiger partial charge in [0, 0.05) is 35.6 Å². The van der Waals surface area contributed by atoms with Crippen LogP contribution in [-0.2, 0) is 0 Å². The summed E-state index contributed by atoms with van der Waals surface area (Å²) >= 11 is 0. The number of anilines is 1. The number of rotatable bonds is 2. The largest absolute Gasteiger partial charge is 0.508 e. The molecule has 4 aromatic rings. The van der Waals surface area contributed by atoms with Crippen LogP contribution in [0, 0.1) is 17.1 Å². The average molecular weight is 439 g/mol. The lowest BCUT2D eigenvalue weighted by atomic mass is 9.92. The summed E-state index contributed by atoms with van der Waals surface area (Å²) < 4.78 is 16.1. The highest BCUT2D eigenvalue weighted by Gasteiger charge is 2.41. The minimum absolute atomic E-state index is 0.00276. The Balaban J connectivity index is 1.59. The minimum atomic E-state index is -0.576. The number of nitrogens with one attached hydrogen (secondary N) is 1. The lowest BCUT2D eigenvalue weighted by Gasteiger charge is -2.40. The zero-order valence-electron chi connectivity index (χ0n) is 18.1. The molecule has 2 atom stereocenters. The van der Waals surface area contributed by atoms with Crippen LogP contribution in [-0.4, -0.2) is 39.7 Å². The van der Waals surface area contributed by atoms with E-state index in [9.17, 15) is 10.4 Å². The van der Waals surface area contributed by atoms with E-state index >= 15 is 4.39 Å². The molecule has 2 bridgehead atoms. The fourth-order valence-electron chi connectivity index (χ4n) is 5.56. The Morgan fingerprint density at radius 3 is 2.88 bits per heavy atom. The number of phenols is 1. The van der Waals surface area contributed by atoms with Crippen molar-refractivity contribution in [1.82, 2.24) is 15.3 Å². The number of benzene rings is 3. The molecule has 0 unspecified atom stereocenters. The Labute approximate surface area is 190 Å². The molecular weight excluding hydrogens is 417 g/mol. The molecule has 2 saturated heterocycles. The summed E-state index contributed by atoms with van der Waals surface area (Å²) in [6.07, 6.45) is 3.58. The van der Waals surface area contributed by atoms with Crippen molar-refractivity contribution in [3.05, 3.63) is 60.2 Å². The van der Waals surface area contributed by atoms with Crippen LogP contribution in [0.3, 0.4) is 0 Å². The van der Waals surface area contributed by atoms with E-state index in [1.54, 1.807) is 12.1 Å². The maximum atomic E-state index is 16.1. The second kappa shape index (κ2) is 7.12. The van der Waals surface area contributed by atoms with Gasteiger partial charge in [0.2, 0.25) is 0 Å². The quantitative estimate of drug-likeness (QED) is 0.479. The van der Waals surface area contributed by atoms with Crippen molar-refractivity contribution < 1.29 is 9.50 Å². The molecule has 164 valence electrons. The van der Waals surface area contributed by atoms with Crippen molar-refractivity contribution in [2.45, 2.75) is 31.3 Å². The Kier molecular flexibility index (Phi) is 4.29. The predicted molar refractivity (Wildman–Crippen MR) is 126 cm³/mol. The smallest absolute Gasteiger partial charge is 0.158 e. The first kappa shape index (κ1) is 19.9. The molecule has 0 aliphatic carbocycles. The summed E-state index contributed by atoms with van der Waals surface area (Å²) in [5, 5.41) is 26.0. The van der Waals surface area contributed by atoms with Gasteiger partial charge in [0.15, 0.2) is 5.82 Å². The first-order valence-electron chi connectivity index (χ1n) is 11.1. The number of hydrogen-bond acceptors (Lipinski definition) is 6. The zero-order valence-corrected chi connectivity index (χ0v) is 18.1. The van der Waals surface area contributed by atoms with Crippen LogP contribution in [0.25, 0.3) is 32.8 Å². The van der Waals surface area contributed by atoms with Crippen LogP contribution >= 0.6 is 0 Å². The predicted octanol–water partition coefficient (Wildman–Crippen LogP) is 4.50. The first-order valence-corrected chi connectivity index (χ1v) is 11.1. The van der Waals surface area contributed by atoms with Gasteiger partial charge in [0.25, 0.3) is 0 Å². The van der Waals surface area contributed by atoms with Crippen LogP contribution in [0.5, 0.6) is 5.75 Å². The van der Waals surface area contributed by atoms with Crippen molar-refractivity contribution in [3.63, 3.8) is 0 Å². The first-order chi connectivity index (χ1) is 16.0. The Hall–Kier alpha value is -3.76. The number of fused-ring (bicyclic) bond motifs is 4. The van der Waals surface area contributed by atoms with Gasteiger partial charge in [-0.25, -0.2) is 14.4 Å². The highest BCUT2D eigenvalue weighted by atomic mass is 19.1. The van der Waals surface area contributed by atoms with Gasteiger partial charge in [-0.15, -0.1) is 0 Å². The van der Waals surface area contributed by atoms with E-state index in [1.165, 1.54) is 12.4 Å². The molecule has 33 heavy (non-hydrogen) atoms. The van der Waals surface area contributed by atoms with E-state index in [-0.39, 0.29) is 27.9 Å². The fourth-order valence-corrected chi connectivity index (χ4v) is 5.56. The molecule has 2 aliphatic rings. The molecule has 6 rings (SSSR count). The van der Waals surface area contributed by atoms with E-state index in [4.69, 9.17) is 0 Å². The van der Waals surface area contributed by atoms with Gasteiger partial charge < -0.3 is 15.3 Å². The van der Waals surface area contributed by atoms with Crippen molar-refractivity contribution in [2.75, 3.05) is 18.0 Å². The number of nitriles is 1. The standard InChI is InChI=1S/C26H22FN5O/c1-26-7-6-17(31-26)12-32(13-26)25-21-9-16(11-28)22(23(27)24(21)29-14-30-25)20-10-18(33)8-15-4-2-3-5-19(15)20/h2-5,8-10,14,17,31,33H,6-7,12-13H2,1H3/t17-,26+/m1/s1.